The Kier molecular flexibility index (Phi) is 8.42. The molecule has 1 heterocycles. The van der Waals surface area contributed by atoms with Crippen molar-refractivity contribution in [2.24, 2.45) is 11.2 Å². The van der Waals surface area contributed by atoms with E-state index in [1.165, 1.54) is 49.5 Å². The monoisotopic (exact) mass is 370 g/mol. The van der Waals surface area contributed by atoms with Crippen LogP contribution >= 0.6 is 0 Å². The second-order valence-electron chi connectivity index (χ2n) is 6.69. The number of H-pyrrole nitrogens is 1. The molecule has 27 heavy (non-hydrogen) atoms. The number of nitrogens with one attached hydrogen (secondary N) is 2. The maximum Gasteiger partial charge on any atom is 0.127 e. The lowest BCUT2D eigenvalue weighted by molar-refractivity contribution is 0.352. The number of nitroso groups, excluding NO2 is 1. The first-order chi connectivity index (χ1) is 13.1. The van der Waals surface area contributed by atoms with Crippen LogP contribution in [0.5, 0.6) is 0 Å². The Labute approximate surface area is 159 Å². The molecule has 0 spiro atoms. The van der Waals surface area contributed by atoms with Gasteiger partial charge in [0, 0.05) is 17.3 Å². The predicted molar refractivity (Wildman–Crippen MR) is 109 cm³/mol. The Balaban J connectivity index is 0.000000211. The molecule has 0 bridgehead atoms. The van der Waals surface area contributed by atoms with Crippen molar-refractivity contribution in [3.8, 4) is 0 Å². The predicted octanol–water partition coefficient (Wildman–Crippen LogP) is 5.54. The number of nitrogens with zero attached hydrogens (tertiary/aromatic N) is 2. The van der Waals surface area contributed by atoms with Crippen molar-refractivity contribution in [2.75, 3.05) is 6.54 Å². The van der Waals surface area contributed by atoms with Gasteiger partial charge in [-0.05, 0) is 24.1 Å². The van der Waals surface area contributed by atoms with Gasteiger partial charge in [0.25, 0.3) is 0 Å². The Hall–Kier alpha value is -2.76. The van der Waals surface area contributed by atoms with E-state index in [0.29, 0.717) is 0 Å². The van der Waals surface area contributed by atoms with Crippen LogP contribution in [-0.2, 0) is 6.42 Å². The Morgan fingerprint density at radius 1 is 1.33 bits per heavy atom. The van der Waals surface area contributed by atoms with E-state index in [1.807, 2.05) is 11.5 Å². The average Bonchev–Trinajstić information content (AvgIpc) is 3.10. The fraction of sp³-hybridized carbons (Fsp3) is 0.381. The molecule has 144 valence electrons. The largest absolute Gasteiger partial charge is 0.342 e. The minimum Gasteiger partial charge on any atom is -0.342 e. The third-order valence-electron chi connectivity index (χ3n) is 4.60. The molecule has 0 atom stereocenters. The summed E-state index contributed by atoms with van der Waals surface area (Å²) in [4.78, 5) is 17.6. The van der Waals surface area contributed by atoms with Crippen LogP contribution in [0.3, 0.4) is 0 Å². The molecule has 5 nitrogen and oxygen atoms in total. The van der Waals surface area contributed by atoms with Gasteiger partial charge in [-0.2, -0.15) is 0 Å². The Bertz CT molecular complexity index is 757. The molecule has 0 saturated heterocycles. The van der Waals surface area contributed by atoms with Gasteiger partial charge in [0.15, 0.2) is 0 Å². The first-order valence-electron chi connectivity index (χ1n) is 9.29. The van der Waals surface area contributed by atoms with Gasteiger partial charge in [-0.25, -0.2) is 9.37 Å². The van der Waals surface area contributed by atoms with Crippen LogP contribution in [-0.4, -0.2) is 16.5 Å². The van der Waals surface area contributed by atoms with Crippen molar-refractivity contribution < 1.29 is 4.39 Å². The summed E-state index contributed by atoms with van der Waals surface area (Å²) in [5.41, 5.74) is 4.49. The molecule has 1 aromatic heterocycles. The number of aromatic amines is 1. The number of fused-ring (bicyclic) bond motifs is 1. The number of aromatic nitrogens is 2. The SMILES string of the molecule is C=C/C=C(/F)C(=C)CNN=O.c1ccc2[nH]c(CC3CCCCC3)nc2c1. The topological polar surface area (TPSA) is 70.1 Å². The number of allylic oxidation sites excluding steroid dienone is 2. The maximum absolute atomic E-state index is 12.6. The van der Waals surface area contributed by atoms with E-state index in [-0.39, 0.29) is 12.1 Å². The number of rotatable bonds is 7. The standard InChI is InChI=1S/C14H18N2.C7H9FN2O/c1-2-6-11(7-3-1)10-14-15-12-8-4-5-9-13(12)16-14;1-3-4-7(8)6(2)5-9-10-11/h4-5,8-9,11H,1-3,6-7,10H2,(H,15,16);3-4H,1-2,5H2,(H,9,11)/b;7-4+. The lowest BCUT2D eigenvalue weighted by Crippen LogP contribution is -2.10. The third kappa shape index (κ3) is 6.81. The van der Waals surface area contributed by atoms with Crippen molar-refractivity contribution in [3.05, 3.63) is 71.7 Å². The first-order valence-corrected chi connectivity index (χ1v) is 9.29. The summed E-state index contributed by atoms with van der Waals surface area (Å²) >= 11 is 0. The quantitative estimate of drug-likeness (QED) is 0.382. The molecule has 0 aliphatic heterocycles. The molecule has 1 fully saturated rings. The van der Waals surface area contributed by atoms with Crippen LogP contribution in [0.15, 0.2) is 66.3 Å². The summed E-state index contributed by atoms with van der Waals surface area (Å²) in [5.74, 6) is 1.53. The van der Waals surface area contributed by atoms with Crippen molar-refractivity contribution in [1.82, 2.24) is 15.4 Å². The highest BCUT2D eigenvalue weighted by molar-refractivity contribution is 5.74. The van der Waals surface area contributed by atoms with Gasteiger partial charge in [-0.15, -0.1) is 4.91 Å². The number of benzene rings is 1. The van der Waals surface area contributed by atoms with E-state index in [2.05, 4.69) is 46.6 Å². The fourth-order valence-corrected chi connectivity index (χ4v) is 3.20. The molecule has 0 radical (unpaired) electrons. The second-order valence-corrected chi connectivity index (χ2v) is 6.69. The molecule has 1 saturated carbocycles. The van der Waals surface area contributed by atoms with Gasteiger partial charge in [0.1, 0.15) is 11.7 Å². The number of hydrogen-bond acceptors (Lipinski definition) is 3. The number of imidazole rings is 1. The lowest BCUT2D eigenvalue weighted by Gasteiger charge is -2.20. The van der Waals surface area contributed by atoms with Crippen LogP contribution in [0, 0.1) is 10.8 Å². The summed E-state index contributed by atoms with van der Waals surface area (Å²) in [7, 11) is 0. The summed E-state index contributed by atoms with van der Waals surface area (Å²) in [6.45, 7) is 6.67. The van der Waals surface area contributed by atoms with E-state index >= 15 is 0 Å². The zero-order valence-corrected chi connectivity index (χ0v) is 15.6. The van der Waals surface area contributed by atoms with Crippen molar-refractivity contribution in [1.29, 1.82) is 0 Å². The molecule has 2 N–H and O–H groups in total. The van der Waals surface area contributed by atoms with Crippen LogP contribution in [0.2, 0.25) is 0 Å². The molecule has 3 rings (SSSR count). The van der Waals surface area contributed by atoms with E-state index in [1.54, 1.807) is 0 Å². The highest BCUT2D eigenvalue weighted by atomic mass is 19.1. The Morgan fingerprint density at radius 3 is 2.74 bits per heavy atom. The molecular weight excluding hydrogens is 343 g/mol. The number of halogens is 1. The number of para-hydroxylation sites is 2. The normalized spacial score (nSPS) is 14.9. The van der Waals surface area contributed by atoms with Gasteiger partial charge in [-0.1, -0.05) is 63.5 Å². The van der Waals surface area contributed by atoms with Crippen LogP contribution < -0.4 is 5.43 Å². The van der Waals surface area contributed by atoms with Crippen LogP contribution in [0.25, 0.3) is 11.0 Å². The molecule has 1 aromatic carbocycles. The van der Waals surface area contributed by atoms with Crippen LogP contribution in [0.1, 0.15) is 37.9 Å². The summed E-state index contributed by atoms with van der Waals surface area (Å²) in [6, 6.07) is 8.29. The first kappa shape index (κ1) is 20.6. The number of hydrogen-bond donors (Lipinski definition) is 2. The summed E-state index contributed by atoms with van der Waals surface area (Å²) in [5, 5.41) is 2.34. The zero-order chi connectivity index (χ0) is 19.5. The molecular formula is C21H27FN4O. The van der Waals surface area contributed by atoms with Crippen molar-refractivity contribution in [2.45, 2.75) is 38.5 Å². The minimum atomic E-state index is -0.504. The molecule has 6 heteroatoms. The molecule has 1 aliphatic rings. The molecule has 0 amide bonds. The lowest BCUT2D eigenvalue weighted by atomic mass is 9.87. The smallest absolute Gasteiger partial charge is 0.127 e. The zero-order valence-electron chi connectivity index (χ0n) is 15.6. The third-order valence-corrected chi connectivity index (χ3v) is 4.60. The second kappa shape index (κ2) is 11.1. The minimum absolute atomic E-state index is 0.0136. The van der Waals surface area contributed by atoms with Gasteiger partial charge in [0.2, 0.25) is 0 Å². The molecule has 0 unspecified atom stereocenters. The van der Waals surface area contributed by atoms with Gasteiger partial charge in [0.05, 0.1) is 17.6 Å². The Morgan fingerprint density at radius 2 is 2.07 bits per heavy atom. The summed E-state index contributed by atoms with van der Waals surface area (Å²) in [6.07, 6.45) is 10.6. The molecule has 1 aliphatic carbocycles. The average molecular weight is 370 g/mol. The van der Waals surface area contributed by atoms with Crippen molar-refractivity contribution in [3.63, 3.8) is 0 Å². The van der Waals surface area contributed by atoms with Crippen LogP contribution in [0.4, 0.5) is 4.39 Å². The van der Waals surface area contributed by atoms with Crippen molar-refractivity contribution >= 4 is 11.0 Å². The fourth-order valence-electron chi connectivity index (χ4n) is 3.20. The van der Waals surface area contributed by atoms with Gasteiger partial charge < -0.3 is 4.98 Å². The molecule has 2 aromatic rings. The highest BCUT2D eigenvalue weighted by Crippen LogP contribution is 2.26. The maximum atomic E-state index is 12.6. The van der Waals surface area contributed by atoms with Gasteiger partial charge >= 0.3 is 0 Å². The van der Waals surface area contributed by atoms with E-state index in [9.17, 15) is 9.30 Å². The highest BCUT2D eigenvalue weighted by Gasteiger charge is 2.15. The summed E-state index contributed by atoms with van der Waals surface area (Å²) < 4.78 is 12.6. The van der Waals surface area contributed by atoms with E-state index in [4.69, 9.17) is 0 Å². The van der Waals surface area contributed by atoms with E-state index < -0.39 is 5.83 Å². The van der Waals surface area contributed by atoms with Gasteiger partial charge in [-0.3, -0.25) is 5.43 Å². The van der Waals surface area contributed by atoms with E-state index in [0.717, 1.165) is 23.9 Å².